The molecule has 0 saturated heterocycles. The lowest BCUT2D eigenvalue weighted by molar-refractivity contribution is -0.00187. The second kappa shape index (κ2) is 10.7. The molecule has 1 aliphatic rings. The number of nitrogens with zero attached hydrogens (tertiary/aromatic N) is 1. The van der Waals surface area contributed by atoms with Gasteiger partial charge in [-0.05, 0) is 45.4 Å². The fraction of sp³-hybridized carbons (Fsp3) is 0.722. The minimum Gasteiger partial charge on any atom is -0.389 e. The normalized spacial score (nSPS) is 34.7. The fourth-order valence-electron chi connectivity index (χ4n) is 2.81. The number of ether oxygens (including phenoxy) is 1. The van der Waals surface area contributed by atoms with Gasteiger partial charge in [-0.15, -0.1) is 0 Å². The second-order valence-electron chi connectivity index (χ2n) is 6.10. The predicted molar refractivity (Wildman–Crippen MR) is 91.1 cm³/mol. The van der Waals surface area contributed by atoms with E-state index in [4.69, 9.17) is 9.84 Å². The summed E-state index contributed by atoms with van der Waals surface area (Å²) in [6, 6.07) is 0. The molecule has 22 heavy (non-hydrogen) atoms. The van der Waals surface area contributed by atoms with E-state index in [0.717, 1.165) is 44.2 Å². The van der Waals surface area contributed by atoms with Crippen LogP contribution in [0.1, 0.15) is 52.4 Å². The van der Waals surface area contributed by atoms with Crippen LogP contribution in [0.2, 0.25) is 0 Å². The van der Waals surface area contributed by atoms with Crippen LogP contribution in [0.4, 0.5) is 0 Å². The molecule has 2 N–H and O–H groups in total. The molecule has 4 heteroatoms. The number of rotatable bonds is 2. The lowest BCUT2D eigenvalue weighted by Gasteiger charge is -2.23. The molecule has 0 heterocycles. The minimum absolute atomic E-state index is 0.0378. The smallest absolute Gasteiger partial charge is 0.134 e. The van der Waals surface area contributed by atoms with Gasteiger partial charge < -0.3 is 14.9 Å². The summed E-state index contributed by atoms with van der Waals surface area (Å²) < 4.78 is 5.41. The van der Waals surface area contributed by atoms with E-state index in [1.54, 1.807) is 7.11 Å². The zero-order valence-corrected chi connectivity index (χ0v) is 14.2. The first-order valence-corrected chi connectivity index (χ1v) is 8.26. The van der Waals surface area contributed by atoms with Crippen molar-refractivity contribution in [3.63, 3.8) is 0 Å². The highest BCUT2D eigenvalue weighted by Crippen LogP contribution is 2.19. The summed E-state index contributed by atoms with van der Waals surface area (Å²) in [7, 11) is 1.64. The van der Waals surface area contributed by atoms with E-state index >= 15 is 0 Å². The van der Waals surface area contributed by atoms with Crippen LogP contribution < -0.4 is 0 Å². The van der Waals surface area contributed by atoms with Gasteiger partial charge in [-0.25, -0.2) is 0 Å². The zero-order valence-electron chi connectivity index (χ0n) is 14.2. The van der Waals surface area contributed by atoms with Crippen LogP contribution in [0.3, 0.4) is 0 Å². The molecule has 0 fully saturated rings. The SMILES string of the molecule is CO[C@H]1/C=C/CCCC/C(=N/CO)CC/C(C)=C\C(C)[C@@H]1O. The topological polar surface area (TPSA) is 62.0 Å². The van der Waals surface area contributed by atoms with Crippen molar-refractivity contribution in [3.8, 4) is 0 Å². The van der Waals surface area contributed by atoms with Crippen molar-refractivity contribution in [1.82, 2.24) is 0 Å². The Morgan fingerprint density at radius 3 is 2.73 bits per heavy atom. The summed E-state index contributed by atoms with van der Waals surface area (Å²) in [6.45, 7) is 3.98. The Morgan fingerprint density at radius 1 is 1.27 bits per heavy atom. The van der Waals surface area contributed by atoms with Gasteiger partial charge in [0.1, 0.15) is 12.8 Å². The maximum absolute atomic E-state index is 10.4. The average molecular weight is 309 g/mol. The molecule has 0 bridgehead atoms. The number of aliphatic hydroxyl groups is 2. The van der Waals surface area contributed by atoms with Crippen molar-refractivity contribution < 1.29 is 14.9 Å². The molecule has 0 spiro atoms. The zero-order chi connectivity index (χ0) is 16.4. The maximum Gasteiger partial charge on any atom is 0.134 e. The van der Waals surface area contributed by atoms with Gasteiger partial charge in [0.25, 0.3) is 0 Å². The van der Waals surface area contributed by atoms with Crippen LogP contribution in [-0.2, 0) is 4.74 Å². The van der Waals surface area contributed by atoms with Crippen LogP contribution >= 0.6 is 0 Å². The van der Waals surface area contributed by atoms with E-state index in [9.17, 15) is 5.11 Å². The molecule has 0 aromatic heterocycles. The molecule has 126 valence electrons. The summed E-state index contributed by atoms with van der Waals surface area (Å²) >= 11 is 0. The third-order valence-electron chi connectivity index (χ3n) is 4.21. The van der Waals surface area contributed by atoms with Crippen molar-refractivity contribution >= 4 is 5.71 Å². The molecule has 0 amide bonds. The minimum atomic E-state index is -0.537. The third kappa shape index (κ3) is 6.86. The summed E-state index contributed by atoms with van der Waals surface area (Å²) in [4.78, 5) is 4.20. The Morgan fingerprint density at radius 2 is 2.05 bits per heavy atom. The molecule has 1 unspecified atom stereocenters. The lowest BCUT2D eigenvalue weighted by atomic mass is 9.94. The van der Waals surface area contributed by atoms with Crippen molar-refractivity contribution in [1.29, 1.82) is 0 Å². The van der Waals surface area contributed by atoms with E-state index in [0.29, 0.717) is 0 Å². The highest BCUT2D eigenvalue weighted by Gasteiger charge is 2.21. The number of aliphatic hydroxyl groups excluding tert-OH is 2. The number of hydrogen-bond donors (Lipinski definition) is 2. The quantitative estimate of drug-likeness (QED) is 0.770. The third-order valence-corrected chi connectivity index (χ3v) is 4.21. The van der Waals surface area contributed by atoms with Crippen molar-refractivity contribution in [2.75, 3.05) is 13.8 Å². The predicted octanol–water partition coefficient (Wildman–Crippen LogP) is 3.25. The van der Waals surface area contributed by atoms with Crippen LogP contribution in [-0.4, -0.2) is 42.0 Å². The maximum atomic E-state index is 10.4. The Bertz CT molecular complexity index is 401. The highest BCUT2D eigenvalue weighted by molar-refractivity contribution is 5.84. The van der Waals surface area contributed by atoms with Gasteiger partial charge in [-0.1, -0.05) is 30.7 Å². The van der Waals surface area contributed by atoms with E-state index in [2.05, 4.69) is 24.1 Å². The molecule has 0 aromatic rings. The lowest BCUT2D eigenvalue weighted by Crippen LogP contribution is -2.31. The average Bonchev–Trinajstić information content (AvgIpc) is 2.50. The number of aliphatic imine (C=N–C) groups is 1. The van der Waals surface area contributed by atoms with Crippen molar-refractivity contribution in [2.24, 2.45) is 10.9 Å². The number of hydrogen-bond acceptors (Lipinski definition) is 4. The molecule has 0 saturated carbocycles. The summed E-state index contributed by atoms with van der Waals surface area (Å²) in [5, 5.41) is 19.5. The molecular weight excluding hydrogens is 278 g/mol. The highest BCUT2D eigenvalue weighted by atomic mass is 16.5. The first kappa shape index (κ1) is 19.1. The molecular formula is C18H31NO3. The van der Waals surface area contributed by atoms with Crippen molar-refractivity contribution in [3.05, 3.63) is 23.8 Å². The molecule has 4 nitrogen and oxygen atoms in total. The summed E-state index contributed by atoms with van der Waals surface area (Å²) in [6.07, 6.45) is 11.3. The van der Waals surface area contributed by atoms with Gasteiger partial charge in [-0.2, -0.15) is 0 Å². The Balaban J connectivity index is 2.83. The van der Waals surface area contributed by atoms with Crippen LogP contribution in [0.15, 0.2) is 28.8 Å². The fourth-order valence-corrected chi connectivity index (χ4v) is 2.81. The van der Waals surface area contributed by atoms with Gasteiger partial charge >= 0.3 is 0 Å². The molecule has 0 aromatic carbocycles. The standard InChI is InChI=1S/C18H31NO3/c1-14-10-11-16(19-13-20)8-6-4-5-7-9-17(22-3)18(21)15(2)12-14/h7,9,12,15,17-18,20-21H,4-6,8,10-11,13H2,1-3H3/b9-7+,14-12-,19-16-/t15?,17-,18-/m0/s1. The van der Waals surface area contributed by atoms with Gasteiger partial charge in [0.2, 0.25) is 0 Å². The monoisotopic (exact) mass is 309 g/mol. The van der Waals surface area contributed by atoms with Gasteiger partial charge in [0.15, 0.2) is 0 Å². The van der Waals surface area contributed by atoms with E-state index in [-0.39, 0.29) is 18.8 Å². The van der Waals surface area contributed by atoms with Gasteiger partial charge in [0.05, 0.1) is 6.10 Å². The Kier molecular flexibility index (Phi) is 9.28. The first-order valence-electron chi connectivity index (χ1n) is 8.26. The number of allylic oxidation sites excluding steroid dienone is 2. The van der Waals surface area contributed by atoms with Crippen LogP contribution in [0, 0.1) is 5.92 Å². The summed E-state index contributed by atoms with van der Waals surface area (Å²) in [5.74, 6) is 0.0378. The number of methoxy groups -OCH3 is 1. The van der Waals surface area contributed by atoms with Crippen LogP contribution in [0.5, 0.6) is 0 Å². The largest absolute Gasteiger partial charge is 0.389 e. The summed E-state index contributed by atoms with van der Waals surface area (Å²) in [5.41, 5.74) is 2.34. The molecule has 0 aliphatic heterocycles. The molecule has 0 radical (unpaired) electrons. The Hall–Kier alpha value is -0.970. The molecule has 1 aliphatic carbocycles. The van der Waals surface area contributed by atoms with Gasteiger partial charge in [-0.3, -0.25) is 4.99 Å². The van der Waals surface area contributed by atoms with Crippen molar-refractivity contribution in [2.45, 2.75) is 64.6 Å². The second-order valence-corrected chi connectivity index (χ2v) is 6.10. The molecule has 3 atom stereocenters. The van der Waals surface area contributed by atoms with E-state index in [1.807, 2.05) is 13.0 Å². The van der Waals surface area contributed by atoms with Gasteiger partial charge in [0, 0.05) is 18.7 Å². The molecule has 1 rings (SSSR count). The van der Waals surface area contributed by atoms with E-state index < -0.39 is 6.10 Å². The van der Waals surface area contributed by atoms with E-state index in [1.165, 1.54) is 5.57 Å². The van der Waals surface area contributed by atoms with Crippen LogP contribution in [0.25, 0.3) is 0 Å². The Labute approximate surface area is 134 Å². The first-order chi connectivity index (χ1) is 10.6.